The fourth-order valence-electron chi connectivity index (χ4n) is 3.13. The summed E-state index contributed by atoms with van der Waals surface area (Å²) in [4.78, 5) is 0. The van der Waals surface area contributed by atoms with Crippen LogP contribution in [0.1, 0.15) is 71.6 Å². The Bertz CT molecular complexity index is 340. The molecule has 0 aromatic carbocycles. The molecule has 0 spiro atoms. The Morgan fingerprint density at radius 1 is 1.16 bits per heavy atom. The highest BCUT2D eigenvalue weighted by Gasteiger charge is 2.29. The van der Waals surface area contributed by atoms with Crippen molar-refractivity contribution < 1.29 is 8.42 Å². The van der Waals surface area contributed by atoms with E-state index in [9.17, 15) is 8.42 Å². The molecule has 0 saturated heterocycles. The van der Waals surface area contributed by atoms with E-state index in [4.69, 9.17) is 0 Å². The number of sulfone groups is 1. The van der Waals surface area contributed by atoms with E-state index in [2.05, 4.69) is 19.2 Å². The van der Waals surface area contributed by atoms with Gasteiger partial charge in [-0.05, 0) is 32.1 Å². The molecule has 1 rings (SSSR count). The van der Waals surface area contributed by atoms with Crippen LogP contribution < -0.4 is 5.32 Å². The van der Waals surface area contributed by atoms with Crippen LogP contribution in [0.2, 0.25) is 0 Å². The zero-order valence-electron chi connectivity index (χ0n) is 12.8. The summed E-state index contributed by atoms with van der Waals surface area (Å²) >= 11 is 0. The molecule has 1 aliphatic rings. The van der Waals surface area contributed by atoms with Gasteiger partial charge >= 0.3 is 0 Å². The first-order chi connectivity index (χ1) is 8.97. The first-order valence-electron chi connectivity index (χ1n) is 7.92. The van der Waals surface area contributed by atoms with Crippen molar-refractivity contribution in [1.29, 1.82) is 0 Å². The quantitative estimate of drug-likeness (QED) is 0.746. The zero-order chi connectivity index (χ0) is 14.3. The van der Waals surface area contributed by atoms with Gasteiger partial charge in [0.2, 0.25) is 0 Å². The van der Waals surface area contributed by atoms with Gasteiger partial charge in [0, 0.05) is 18.3 Å². The van der Waals surface area contributed by atoms with Crippen LogP contribution in [0.5, 0.6) is 0 Å². The minimum Gasteiger partial charge on any atom is -0.311 e. The standard InChI is InChI=1S/C15H31NO2S/c1-4-6-9-13(8-5-2)16-14-10-7-11-15(12-14)19(3,17)18/h13-16H,4-12H2,1-3H3. The molecular weight excluding hydrogens is 258 g/mol. The van der Waals surface area contributed by atoms with Gasteiger partial charge in [0.15, 0.2) is 0 Å². The van der Waals surface area contributed by atoms with Gasteiger partial charge in [-0.1, -0.05) is 39.5 Å². The highest BCUT2D eigenvalue weighted by molar-refractivity contribution is 7.91. The average Bonchev–Trinajstić information content (AvgIpc) is 2.35. The maximum Gasteiger partial charge on any atom is 0.150 e. The molecule has 0 aromatic heterocycles. The summed E-state index contributed by atoms with van der Waals surface area (Å²) in [6.07, 6.45) is 11.4. The molecule has 3 atom stereocenters. The molecule has 1 aliphatic carbocycles. The molecule has 114 valence electrons. The van der Waals surface area contributed by atoms with E-state index in [1.54, 1.807) is 0 Å². The van der Waals surface area contributed by atoms with E-state index in [1.807, 2.05) is 0 Å². The van der Waals surface area contributed by atoms with Crippen LogP contribution >= 0.6 is 0 Å². The SMILES string of the molecule is CCCCC(CCC)NC1CCCC(S(C)(=O)=O)C1. The Morgan fingerprint density at radius 3 is 2.47 bits per heavy atom. The Morgan fingerprint density at radius 2 is 1.89 bits per heavy atom. The van der Waals surface area contributed by atoms with Gasteiger partial charge in [-0.15, -0.1) is 0 Å². The normalized spacial score (nSPS) is 26.3. The first-order valence-corrected chi connectivity index (χ1v) is 9.87. The second kappa shape index (κ2) is 8.25. The lowest BCUT2D eigenvalue weighted by atomic mass is 9.93. The van der Waals surface area contributed by atoms with Crippen molar-refractivity contribution in [2.24, 2.45) is 0 Å². The first kappa shape index (κ1) is 17.0. The molecule has 0 amide bonds. The molecule has 0 aromatic rings. The molecule has 1 fully saturated rings. The van der Waals surface area contributed by atoms with Gasteiger partial charge in [0.25, 0.3) is 0 Å². The third-order valence-electron chi connectivity index (χ3n) is 4.25. The lowest BCUT2D eigenvalue weighted by Crippen LogP contribution is -2.43. The number of hydrogen-bond acceptors (Lipinski definition) is 3. The maximum absolute atomic E-state index is 11.7. The Kier molecular flexibility index (Phi) is 7.37. The summed E-state index contributed by atoms with van der Waals surface area (Å²) in [6.45, 7) is 4.45. The van der Waals surface area contributed by atoms with Gasteiger partial charge in [0.05, 0.1) is 5.25 Å². The van der Waals surface area contributed by atoms with Gasteiger partial charge in [-0.3, -0.25) is 0 Å². The lowest BCUT2D eigenvalue weighted by Gasteiger charge is -2.32. The zero-order valence-corrected chi connectivity index (χ0v) is 13.6. The summed E-state index contributed by atoms with van der Waals surface area (Å²) < 4.78 is 23.4. The van der Waals surface area contributed by atoms with E-state index in [1.165, 1.54) is 38.4 Å². The van der Waals surface area contributed by atoms with Gasteiger partial charge < -0.3 is 5.32 Å². The van der Waals surface area contributed by atoms with Crippen LogP contribution in [0, 0.1) is 0 Å². The predicted octanol–water partition coefficient (Wildman–Crippen LogP) is 3.29. The van der Waals surface area contributed by atoms with Gasteiger partial charge in [-0.2, -0.15) is 0 Å². The molecular formula is C15H31NO2S. The molecule has 0 bridgehead atoms. The lowest BCUT2D eigenvalue weighted by molar-refractivity contribution is 0.314. The summed E-state index contributed by atoms with van der Waals surface area (Å²) in [6, 6.07) is 0.982. The number of unbranched alkanes of at least 4 members (excludes halogenated alkanes) is 1. The fourth-order valence-corrected chi connectivity index (χ4v) is 4.31. The van der Waals surface area contributed by atoms with Crippen molar-refractivity contribution >= 4 is 9.84 Å². The smallest absolute Gasteiger partial charge is 0.150 e. The van der Waals surface area contributed by atoms with Gasteiger partial charge in [-0.25, -0.2) is 8.42 Å². The van der Waals surface area contributed by atoms with Crippen molar-refractivity contribution in [2.45, 2.75) is 89.0 Å². The second-order valence-corrected chi connectivity index (χ2v) is 8.44. The van der Waals surface area contributed by atoms with Crippen molar-refractivity contribution in [3.63, 3.8) is 0 Å². The molecule has 0 radical (unpaired) electrons. The molecule has 3 nitrogen and oxygen atoms in total. The molecule has 3 unspecified atom stereocenters. The van der Waals surface area contributed by atoms with E-state index >= 15 is 0 Å². The molecule has 19 heavy (non-hydrogen) atoms. The van der Waals surface area contributed by atoms with E-state index in [-0.39, 0.29) is 5.25 Å². The summed E-state index contributed by atoms with van der Waals surface area (Å²) in [5.41, 5.74) is 0. The maximum atomic E-state index is 11.7. The minimum absolute atomic E-state index is 0.118. The topological polar surface area (TPSA) is 46.2 Å². The van der Waals surface area contributed by atoms with Crippen LogP contribution in [-0.4, -0.2) is 32.0 Å². The summed E-state index contributed by atoms with van der Waals surface area (Å²) in [7, 11) is -2.86. The number of nitrogens with one attached hydrogen (secondary N) is 1. The van der Waals surface area contributed by atoms with Crippen molar-refractivity contribution in [3.05, 3.63) is 0 Å². The Balaban J connectivity index is 2.49. The minimum atomic E-state index is -2.86. The van der Waals surface area contributed by atoms with Crippen LogP contribution in [0.25, 0.3) is 0 Å². The fraction of sp³-hybridized carbons (Fsp3) is 1.00. The summed E-state index contributed by atoms with van der Waals surface area (Å²) in [5, 5.41) is 3.61. The number of hydrogen-bond donors (Lipinski definition) is 1. The highest BCUT2D eigenvalue weighted by atomic mass is 32.2. The van der Waals surface area contributed by atoms with Crippen LogP contribution in [0.15, 0.2) is 0 Å². The van der Waals surface area contributed by atoms with Crippen molar-refractivity contribution in [3.8, 4) is 0 Å². The van der Waals surface area contributed by atoms with Crippen LogP contribution in [0.3, 0.4) is 0 Å². The monoisotopic (exact) mass is 289 g/mol. The van der Waals surface area contributed by atoms with E-state index < -0.39 is 9.84 Å². The molecule has 1 saturated carbocycles. The van der Waals surface area contributed by atoms with Crippen molar-refractivity contribution in [2.75, 3.05) is 6.26 Å². The Labute approximate surface area is 119 Å². The van der Waals surface area contributed by atoms with Gasteiger partial charge in [0.1, 0.15) is 9.84 Å². The average molecular weight is 289 g/mol. The predicted molar refractivity (Wildman–Crippen MR) is 82.2 cm³/mol. The Hall–Kier alpha value is -0.0900. The molecule has 1 N–H and O–H groups in total. The molecule has 4 heteroatoms. The molecule has 0 heterocycles. The van der Waals surface area contributed by atoms with E-state index in [0.717, 1.165) is 25.7 Å². The highest BCUT2D eigenvalue weighted by Crippen LogP contribution is 2.25. The second-order valence-electron chi connectivity index (χ2n) is 6.11. The summed E-state index contributed by atoms with van der Waals surface area (Å²) in [5.74, 6) is 0. The third-order valence-corrected chi connectivity index (χ3v) is 5.89. The van der Waals surface area contributed by atoms with E-state index in [0.29, 0.717) is 12.1 Å². The number of rotatable bonds is 8. The van der Waals surface area contributed by atoms with Crippen LogP contribution in [-0.2, 0) is 9.84 Å². The molecule has 0 aliphatic heterocycles. The largest absolute Gasteiger partial charge is 0.311 e. The third kappa shape index (κ3) is 6.26. The van der Waals surface area contributed by atoms with Crippen molar-refractivity contribution in [1.82, 2.24) is 5.32 Å². The van der Waals surface area contributed by atoms with Crippen LogP contribution in [0.4, 0.5) is 0 Å².